The van der Waals surface area contributed by atoms with Crippen molar-refractivity contribution < 1.29 is 19.5 Å². The first-order valence-corrected chi connectivity index (χ1v) is 4.62. The van der Waals surface area contributed by atoms with Gasteiger partial charge in [-0.05, 0) is 71.1 Å². The fourth-order valence-electron chi connectivity index (χ4n) is 0.856. The molecule has 0 aromatic heterocycles. The molecule has 0 atom stereocenters. The minimum absolute atomic E-state index is 0. The molecule has 0 spiro atoms. The van der Waals surface area contributed by atoms with Gasteiger partial charge in [0.1, 0.15) is 0 Å². The summed E-state index contributed by atoms with van der Waals surface area (Å²) < 4.78 is 0. The zero-order valence-electron chi connectivity index (χ0n) is 8.33. The van der Waals surface area contributed by atoms with Crippen molar-refractivity contribution in [3.63, 3.8) is 0 Å². The van der Waals surface area contributed by atoms with E-state index in [1.807, 2.05) is 13.3 Å². The Labute approximate surface area is 97.6 Å². The third kappa shape index (κ3) is 15.4. The zero-order chi connectivity index (χ0) is 9.07. The van der Waals surface area contributed by atoms with Gasteiger partial charge in [0.2, 0.25) is 0 Å². The first-order valence-electron chi connectivity index (χ1n) is 4.62. The van der Waals surface area contributed by atoms with E-state index in [1.54, 1.807) is 6.42 Å². The van der Waals surface area contributed by atoms with Crippen LogP contribution in [0.3, 0.4) is 0 Å². The van der Waals surface area contributed by atoms with Crippen LogP contribution < -0.4 is 0 Å². The predicted molar refractivity (Wildman–Crippen MR) is 55.3 cm³/mol. The van der Waals surface area contributed by atoms with E-state index < -0.39 is 0 Å². The van der Waals surface area contributed by atoms with Gasteiger partial charge >= 0.3 is 0 Å². The molecule has 1 aliphatic rings. The minimum atomic E-state index is 0. The topological polar surface area (TPSA) is 0 Å². The molecule has 0 bridgehead atoms. The van der Waals surface area contributed by atoms with Crippen molar-refractivity contribution in [1.82, 2.24) is 0 Å². The maximum Gasteiger partial charge on any atom is 0 e. The van der Waals surface area contributed by atoms with Crippen molar-refractivity contribution in [2.24, 2.45) is 0 Å². The Bertz CT molecular complexity index is 45.5. The van der Waals surface area contributed by atoms with Gasteiger partial charge in [-0.3, -0.25) is 0 Å². The van der Waals surface area contributed by atoms with Gasteiger partial charge in [-0.25, -0.2) is 0 Å². The average Bonchev–Trinajstić information content (AvgIpc) is 2.04. The summed E-state index contributed by atoms with van der Waals surface area (Å²) in [4.78, 5) is 0. The zero-order valence-corrected chi connectivity index (χ0v) is 9.97. The maximum absolute atomic E-state index is 3.42. The van der Waals surface area contributed by atoms with Gasteiger partial charge < -0.3 is 0 Å². The second kappa shape index (κ2) is 15.1. The van der Waals surface area contributed by atoms with Crippen molar-refractivity contribution in [2.75, 3.05) is 0 Å². The second-order valence-corrected chi connectivity index (χ2v) is 2.67. The summed E-state index contributed by atoms with van der Waals surface area (Å²) in [6.07, 6.45) is 17.6. The second-order valence-electron chi connectivity index (χ2n) is 2.67. The Kier molecular flexibility index (Phi) is 18.7. The Balaban J connectivity index is 0. The average molecular weight is 266 g/mol. The molecule has 1 rings (SSSR count). The van der Waals surface area contributed by atoms with Crippen LogP contribution in [0.5, 0.6) is 0 Å². The molecule has 1 heteroatoms. The van der Waals surface area contributed by atoms with Gasteiger partial charge in [0, 0.05) is 19.5 Å². The van der Waals surface area contributed by atoms with Crippen molar-refractivity contribution in [3.05, 3.63) is 45.4 Å². The first kappa shape index (κ1) is 16.1. The molecule has 0 heterocycles. The molecule has 0 N–H and O–H groups in total. The van der Waals surface area contributed by atoms with Crippen LogP contribution in [0.15, 0.2) is 0 Å². The summed E-state index contributed by atoms with van der Waals surface area (Å²) in [5, 5.41) is 0. The van der Waals surface area contributed by atoms with Crippen LogP contribution in [-0.2, 0) is 19.5 Å². The van der Waals surface area contributed by atoms with E-state index >= 15 is 0 Å². The standard InChI is InChI=1S/C8H12.C4H7.Rh/c1-2-4-6-8-7-5-3-1;1-3-4-2;/h1-2,7-8H,3-6H2;3-4H,1H2,2H3;. The Hall–Kier alpha value is 0.623. The molecule has 0 unspecified atom stereocenters. The summed E-state index contributed by atoms with van der Waals surface area (Å²) >= 11 is 0. The summed E-state index contributed by atoms with van der Waals surface area (Å²) in [5.74, 6) is 0. The third-order valence-corrected chi connectivity index (χ3v) is 1.57. The van der Waals surface area contributed by atoms with E-state index in [0.29, 0.717) is 0 Å². The van der Waals surface area contributed by atoms with Crippen LogP contribution >= 0.6 is 0 Å². The van der Waals surface area contributed by atoms with Gasteiger partial charge in [-0.1, -0.05) is 6.92 Å². The summed E-state index contributed by atoms with van der Waals surface area (Å²) in [5.41, 5.74) is 0. The largest absolute Gasteiger partial charge is 0.0620 e. The number of rotatable bonds is 1. The summed E-state index contributed by atoms with van der Waals surface area (Å²) in [6.45, 7) is 5.36. The van der Waals surface area contributed by atoms with Gasteiger partial charge in [-0.2, -0.15) is 0 Å². The molecule has 1 aliphatic carbocycles. The van der Waals surface area contributed by atoms with Crippen molar-refractivity contribution in [2.45, 2.75) is 32.6 Å². The smallest absolute Gasteiger partial charge is 0 e. The van der Waals surface area contributed by atoms with Crippen LogP contribution in [0.1, 0.15) is 32.6 Å². The SMILES string of the molecule is [CH2][CH][CH]C.[CH]1[CH]CC[CH][CH]CC1.[Rh]. The van der Waals surface area contributed by atoms with Crippen LogP contribution in [0, 0.1) is 45.4 Å². The maximum atomic E-state index is 3.42. The van der Waals surface area contributed by atoms with Crippen LogP contribution in [0.25, 0.3) is 0 Å². The van der Waals surface area contributed by atoms with Crippen molar-refractivity contribution in [3.8, 4) is 0 Å². The molecule has 1 saturated carbocycles. The molecule has 0 aromatic rings. The van der Waals surface area contributed by atoms with Crippen molar-refractivity contribution >= 4 is 0 Å². The normalized spacial score (nSPS) is 17.1. The molecule has 8 radical (unpaired) electrons. The fraction of sp³-hybridized carbons (Fsp3) is 0.417. The quantitative estimate of drug-likeness (QED) is 0.636. The van der Waals surface area contributed by atoms with Crippen molar-refractivity contribution in [1.29, 1.82) is 0 Å². The minimum Gasteiger partial charge on any atom is -0.0620 e. The van der Waals surface area contributed by atoms with Gasteiger partial charge in [-0.15, -0.1) is 0 Å². The molecule has 0 aromatic carbocycles. The van der Waals surface area contributed by atoms with E-state index in [4.69, 9.17) is 0 Å². The van der Waals surface area contributed by atoms with Crippen LogP contribution in [0.2, 0.25) is 0 Å². The Morgan fingerprint density at radius 2 is 1.15 bits per heavy atom. The van der Waals surface area contributed by atoms with Gasteiger partial charge in [0.15, 0.2) is 0 Å². The molecule has 0 saturated heterocycles. The monoisotopic (exact) mass is 266 g/mol. The van der Waals surface area contributed by atoms with E-state index in [2.05, 4.69) is 32.6 Å². The molecule has 0 aliphatic heterocycles. The molecule has 0 amide bonds. The molecule has 13 heavy (non-hydrogen) atoms. The van der Waals surface area contributed by atoms with E-state index in [9.17, 15) is 0 Å². The summed E-state index contributed by atoms with van der Waals surface area (Å²) in [6, 6.07) is 0. The summed E-state index contributed by atoms with van der Waals surface area (Å²) in [7, 11) is 0. The Morgan fingerprint density at radius 1 is 0.923 bits per heavy atom. The molecule has 76 valence electrons. The number of hydrogen-bond acceptors (Lipinski definition) is 0. The molecule has 1 fully saturated rings. The van der Waals surface area contributed by atoms with Gasteiger partial charge in [0.25, 0.3) is 0 Å². The first-order chi connectivity index (χ1) is 5.91. The number of unbranched alkanes of at least 4 members (excludes halogenated alkanes) is 1. The third-order valence-electron chi connectivity index (χ3n) is 1.57. The molecular formula is C12H19Rh. The van der Waals surface area contributed by atoms with Crippen LogP contribution in [0.4, 0.5) is 0 Å². The van der Waals surface area contributed by atoms with E-state index in [-0.39, 0.29) is 19.5 Å². The fourth-order valence-corrected chi connectivity index (χ4v) is 0.856. The van der Waals surface area contributed by atoms with E-state index in [0.717, 1.165) is 0 Å². The predicted octanol–water partition coefficient (Wildman–Crippen LogP) is 3.62. The molecule has 0 nitrogen and oxygen atoms in total. The molecular weight excluding hydrogens is 247 g/mol. The number of hydrogen-bond donors (Lipinski definition) is 0. The van der Waals surface area contributed by atoms with Gasteiger partial charge in [0.05, 0.1) is 0 Å². The van der Waals surface area contributed by atoms with Crippen LogP contribution in [-0.4, -0.2) is 0 Å². The Morgan fingerprint density at radius 3 is 1.31 bits per heavy atom. The van der Waals surface area contributed by atoms with E-state index in [1.165, 1.54) is 25.7 Å².